The second-order valence-corrected chi connectivity index (χ2v) is 5.94. The highest BCUT2D eigenvalue weighted by Gasteiger charge is 2.31. The number of aromatic nitrogens is 3. The fraction of sp³-hybridized carbons (Fsp3) is 0.462. The number of aromatic hydroxyl groups is 1. The summed E-state index contributed by atoms with van der Waals surface area (Å²) in [6.45, 7) is 5.46. The molecule has 0 aliphatic rings. The van der Waals surface area contributed by atoms with Gasteiger partial charge in [0.15, 0.2) is 0 Å². The Balaban J connectivity index is 2.72. The SMILES string of the molecule is CCCc1c(O)n(C(C)(C)c2nccs2)c(=O)[nH]c1=O. The molecule has 0 bridgehead atoms. The standard InChI is InChI=1S/C13H17N3O3S/c1-4-5-8-9(17)15-12(19)16(10(8)18)13(2,3)11-14-6-7-20-11/h6-7,18H,4-5H2,1-3H3,(H,15,17,19). The number of aromatic amines is 1. The van der Waals surface area contributed by atoms with Gasteiger partial charge in [-0.3, -0.25) is 14.3 Å². The van der Waals surface area contributed by atoms with Gasteiger partial charge in [-0.05, 0) is 20.3 Å². The van der Waals surface area contributed by atoms with Gasteiger partial charge in [0.25, 0.3) is 5.56 Å². The Morgan fingerprint density at radius 1 is 1.45 bits per heavy atom. The molecule has 2 heterocycles. The van der Waals surface area contributed by atoms with E-state index in [9.17, 15) is 14.7 Å². The molecule has 2 N–H and O–H groups in total. The van der Waals surface area contributed by atoms with Crippen LogP contribution in [0.1, 0.15) is 37.8 Å². The van der Waals surface area contributed by atoms with Crippen LogP contribution in [0.3, 0.4) is 0 Å². The molecule has 0 aromatic carbocycles. The van der Waals surface area contributed by atoms with E-state index in [4.69, 9.17) is 0 Å². The number of rotatable bonds is 4. The van der Waals surface area contributed by atoms with Gasteiger partial charge in [-0.25, -0.2) is 9.78 Å². The summed E-state index contributed by atoms with van der Waals surface area (Å²) in [5, 5.41) is 12.8. The molecular formula is C13H17N3O3S. The highest BCUT2D eigenvalue weighted by molar-refractivity contribution is 7.09. The zero-order valence-electron chi connectivity index (χ0n) is 11.6. The quantitative estimate of drug-likeness (QED) is 0.893. The van der Waals surface area contributed by atoms with Crippen LogP contribution < -0.4 is 11.2 Å². The molecule has 0 saturated carbocycles. The van der Waals surface area contributed by atoms with Crippen molar-refractivity contribution in [3.8, 4) is 5.88 Å². The molecule has 0 fully saturated rings. The van der Waals surface area contributed by atoms with E-state index in [1.165, 1.54) is 15.9 Å². The molecule has 2 aromatic heterocycles. The molecule has 0 aliphatic heterocycles. The number of hydrogen-bond acceptors (Lipinski definition) is 5. The summed E-state index contributed by atoms with van der Waals surface area (Å²) in [6.07, 6.45) is 2.75. The maximum atomic E-state index is 12.1. The minimum Gasteiger partial charge on any atom is -0.494 e. The monoisotopic (exact) mass is 295 g/mol. The Labute approximate surface area is 119 Å². The van der Waals surface area contributed by atoms with E-state index in [1.54, 1.807) is 25.4 Å². The molecule has 2 aromatic rings. The van der Waals surface area contributed by atoms with Crippen LogP contribution in [0.5, 0.6) is 5.88 Å². The Hall–Kier alpha value is -1.89. The van der Waals surface area contributed by atoms with E-state index in [0.717, 1.165) is 0 Å². The molecule has 0 radical (unpaired) electrons. The summed E-state index contributed by atoms with van der Waals surface area (Å²) in [5.41, 5.74) is -1.76. The average molecular weight is 295 g/mol. The lowest BCUT2D eigenvalue weighted by Gasteiger charge is -2.26. The van der Waals surface area contributed by atoms with E-state index in [2.05, 4.69) is 9.97 Å². The van der Waals surface area contributed by atoms with Gasteiger partial charge < -0.3 is 5.11 Å². The maximum absolute atomic E-state index is 12.1. The molecule has 0 saturated heterocycles. The van der Waals surface area contributed by atoms with Gasteiger partial charge in [0.2, 0.25) is 5.88 Å². The van der Waals surface area contributed by atoms with Gasteiger partial charge in [0, 0.05) is 11.6 Å². The topological polar surface area (TPSA) is 88.0 Å². The van der Waals surface area contributed by atoms with Crippen molar-refractivity contribution in [3.05, 3.63) is 43.0 Å². The van der Waals surface area contributed by atoms with Crippen LogP contribution in [0.2, 0.25) is 0 Å². The molecule has 2 rings (SSSR count). The minimum absolute atomic E-state index is 0.233. The summed E-state index contributed by atoms with van der Waals surface area (Å²) >= 11 is 1.39. The van der Waals surface area contributed by atoms with E-state index >= 15 is 0 Å². The Bertz CT molecular complexity index is 713. The van der Waals surface area contributed by atoms with E-state index < -0.39 is 16.8 Å². The van der Waals surface area contributed by atoms with Crippen LogP contribution in [-0.2, 0) is 12.0 Å². The fourth-order valence-electron chi connectivity index (χ4n) is 2.18. The van der Waals surface area contributed by atoms with Crippen molar-refractivity contribution in [1.29, 1.82) is 0 Å². The summed E-state index contributed by atoms with van der Waals surface area (Å²) in [5.74, 6) is -0.277. The van der Waals surface area contributed by atoms with E-state index in [-0.39, 0.29) is 11.4 Å². The fourth-order valence-corrected chi connectivity index (χ4v) is 2.93. The van der Waals surface area contributed by atoms with Gasteiger partial charge in [-0.15, -0.1) is 11.3 Å². The van der Waals surface area contributed by atoms with Crippen molar-refractivity contribution in [2.45, 2.75) is 39.2 Å². The summed E-state index contributed by atoms with van der Waals surface area (Å²) in [4.78, 5) is 30.3. The third-order valence-electron chi connectivity index (χ3n) is 3.19. The highest BCUT2D eigenvalue weighted by Crippen LogP contribution is 2.29. The van der Waals surface area contributed by atoms with Crippen LogP contribution in [0.4, 0.5) is 0 Å². The van der Waals surface area contributed by atoms with Crippen LogP contribution in [0.25, 0.3) is 0 Å². The first kappa shape index (κ1) is 14.5. The first-order valence-corrected chi connectivity index (χ1v) is 7.25. The van der Waals surface area contributed by atoms with Crippen LogP contribution in [0.15, 0.2) is 21.2 Å². The summed E-state index contributed by atoms with van der Waals surface area (Å²) in [6, 6.07) is 0. The molecule has 6 nitrogen and oxygen atoms in total. The Kier molecular flexibility index (Phi) is 3.80. The largest absolute Gasteiger partial charge is 0.494 e. The van der Waals surface area contributed by atoms with Gasteiger partial charge >= 0.3 is 5.69 Å². The lowest BCUT2D eigenvalue weighted by molar-refractivity contribution is 0.320. The lowest BCUT2D eigenvalue weighted by Crippen LogP contribution is -2.42. The van der Waals surface area contributed by atoms with Crippen LogP contribution >= 0.6 is 11.3 Å². The zero-order valence-corrected chi connectivity index (χ0v) is 12.5. The van der Waals surface area contributed by atoms with Crippen molar-refractivity contribution in [2.24, 2.45) is 0 Å². The molecule has 7 heteroatoms. The molecule has 0 unspecified atom stereocenters. The zero-order chi connectivity index (χ0) is 14.9. The van der Waals surface area contributed by atoms with E-state index in [1.807, 2.05) is 6.92 Å². The number of hydrogen-bond donors (Lipinski definition) is 2. The van der Waals surface area contributed by atoms with Gasteiger partial charge in [0.05, 0.1) is 11.1 Å². The number of H-pyrrole nitrogens is 1. The lowest BCUT2D eigenvalue weighted by atomic mass is 10.1. The molecule has 108 valence electrons. The van der Waals surface area contributed by atoms with Crippen molar-refractivity contribution in [2.75, 3.05) is 0 Å². The third kappa shape index (κ3) is 2.29. The van der Waals surface area contributed by atoms with Crippen molar-refractivity contribution in [1.82, 2.24) is 14.5 Å². The Morgan fingerprint density at radius 2 is 2.15 bits per heavy atom. The normalized spacial score (nSPS) is 11.8. The van der Waals surface area contributed by atoms with Gasteiger partial charge in [-0.1, -0.05) is 13.3 Å². The molecular weight excluding hydrogens is 278 g/mol. The molecule has 0 amide bonds. The average Bonchev–Trinajstić information content (AvgIpc) is 2.88. The number of thiazole rings is 1. The summed E-state index contributed by atoms with van der Waals surface area (Å²) < 4.78 is 1.19. The summed E-state index contributed by atoms with van der Waals surface area (Å²) in [7, 11) is 0. The molecule has 0 atom stereocenters. The molecule has 0 spiro atoms. The van der Waals surface area contributed by atoms with Crippen LogP contribution in [-0.4, -0.2) is 19.6 Å². The highest BCUT2D eigenvalue weighted by atomic mass is 32.1. The second-order valence-electron chi connectivity index (χ2n) is 5.04. The van der Waals surface area contributed by atoms with Gasteiger partial charge in [-0.2, -0.15) is 0 Å². The maximum Gasteiger partial charge on any atom is 0.332 e. The van der Waals surface area contributed by atoms with E-state index in [0.29, 0.717) is 17.8 Å². The molecule has 0 aliphatic carbocycles. The Morgan fingerprint density at radius 3 is 2.70 bits per heavy atom. The molecule has 20 heavy (non-hydrogen) atoms. The van der Waals surface area contributed by atoms with Crippen molar-refractivity contribution in [3.63, 3.8) is 0 Å². The smallest absolute Gasteiger partial charge is 0.332 e. The second kappa shape index (κ2) is 5.24. The first-order valence-electron chi connectivity index (χ1n) is 6.37. The predicted octanol–water partition coefficient (Wildman–Crippen LogP) is 1.43. The van der Waals surface area contributed by atoms with Crippen LogP contribution in [0, 0.1) is 0 Å². The number of nitrogens with zero attached hydrogens (tertiary/aromatic N) is 2. The first-order chi connectivity index (χ1) is 9.39. The number of nitrogens with one attached hydrogen (secondary N) is 1. The minimum atomic E-state index is -0.831. The third-order valence-corrected chi connectivity index (χ3v) is 4.28. The van der Waals surface area contributed by atoms with Crippen molar-refractivity contribution >= 4 is 11.3 Å². The van der Waals surface area contributed by atoms with Crippen molar-refractivity contribution < 1.29 is 5.11 Å². The van der Waals surface area contributed by atoms with Gasteiger partial charge in [0.1, 0.15) is 5.01 Å². The predicted molar refractivity (Wildman–Crippen MR) is 77.5 cm³/mol.